The minimum atomic E-state index is -0.341. The van der Waals surface area contributed by atoms with Crippen molar-refractivity contribution in [3.8, 4) is 0 Å². The van der Waals surface area contributed by atoms with Crippen LogP contribution in [0.3, 0.4) is 0 Å². The maximum atomic E-state index is 10.6. The van der Waals surface area contributed by atoms with Gasteiger partial charge in [0.1, 0.15) is 6.29 Å². The molecule has 0 atom stereocenters. The van der Waals surface area contributed by atoms with Crippen molar-refractivity contribution < 1.29 is 9.59 Å². The molecule has 0 aliphatic rings. The second-order valence-electron chi connectivity index (χ2n) is 3.55. The third-order valence-corrected chi connectivity index (χ3v) is 1.57. The maximum absolute atomic E-state index is 10.6. The van der Waals surface area contributed by atoms with Crippen LogP contribution in [0.25, 0.3) is 0 Å². The molecular formula is C9H18N2O2. The fourth-order valence-electron chi connectivity index (χ4n) is 1.21. The Hall–Kier alpha value is -0.900. The predicted octanol–water partition coefficient (Wildman–Crippen LogP) is 0.0187. The van der Waals surface area contributed by atoms with Gasteiger partial charge >= 0.3 is 0 Å². The van der Waals surface area contributed by atoms with Crippen LogP contribution in [0.1, 0.15) is 20.3 Å². The van der Waals surface area contributed by atoms with E-state index in [0.29, 0.717) is 18.9 Å². The van der Waals surface area contributed by atoms with Crippen LogP contribution in [-0.4, -0.2) is 36.7 Å². The smallest absolute Gasteiger partial charge is 0.231 e. The van der Waals surface area contributed by atoms with Crippen molar-refractivity contribution in [3.05, 3.63) is 0 Å². The van der Waals surface area contributed by atoms with Gasteiger partial charge in [-0.15, -0.1) is 0 Å². The van der Waals surface area contributed by atoms with Crippen molar-refractivity contribution >= 4 is 12.2 Å². The van der Waals surface area contributed by atoms with Crippen LogP contribution in [0.5, 0.6) is 0 Å². The van der Waals surface area contributed by atoms with Gasteiger partial charge in [0.05, 0.1) is 6.54 Å². The van der Waals surface area contributed by atoms with Crippen LogP contribution in [0.2, 0.25) is 0 Å². The normalized spacial score (nSPS) is 10.8. The van der Waals surface area contributed by atoms with Gasteiger partial charge in [-0.25, -0.2) is 0 Å². The van der Waals surface area contributed by atoms with Crippen molar-refractivity contribution in [3.63, 3.8) is 0 Å². The lowest BCUT2D eigenvalue weighted by molar-refractivity contribution is -0.119. The highest BCUT2D eigenvalue weighted by molar-refractivity contribution is 5.75. The van der Waals surface area contributed by atoms with Gasteiger partial charge in [-0.05, 0) is 5.92 Å². The third-order valence-electron chi connectivity index (χ3n) is 1.57. The number of hydrogen-bond donors (Lipinski definition) is 1. The third kappa shape index (κ3) is 7.46. The zero-order valence-electron chi connectivity index (χ0n) is 8.32. The zero-order valence-corrected chi connectivity index (χ0v) is 8.32. The summed E-state index contributed by atoms with van der Waals surface area (Å²) in [5.74, 6) is 0.137. The molecule has 1 amide bonds. The standard InChI is InChI=1S/C9H18N2O2/c1-8(2)6-11(4-3-5-12)7-9(10)13/h5,8H,3-4,6-7H2,1-2H3,(H2,10,13). The van der Waals surface area contributed by atoms with Gasteiger partial charge < -0.3 is 10.5 Å². The Morgan fingerprint density at radius 1 is 1.54 bits per heavy atom. The number of primary amides is 1. The van der Waals surface area contributed by atoms with Gasteiger partial charge in [-0.3, -0.25) is 9.69 Å². The summed E-state index contributed by atoms with van der Waals surface area (Å²) < 4.78 is 0. The average Bonchev–Trinajstić information content (AvgIpc) is 1.98. The van der Waals surface area contributed by atoms with Crippen LogP contribution in [-0.2, 0) is 9.59 Å². The Kier molecular flexibility index (Phi) is 6.14. The quantitative estimate of drug-likeness (QED) is 0.570. The van der Waals surface area contributed by atoms with E-state index in [1.807, 2.05) is 4.90 Å². The van der Waals surface area contributed by atoms with E-state index in [1.54, 1.807) is 0 Å². The molecule has 4 nitrogen and oxygen atoms in total. The Morgan fingerprint density at radius 2 is 2.15 bits per heavy atom. The molecule has 0 aromatic rings. The molecule has 0 heterocycles. The van der Waals surface area contributed by atoms with Crippen molar-refractivity contribution in [1.82, 2.24) is 4.90 Å². The Labute approximate surface area is 79.1 Å². The molecule has 0 aromatic heterocycles. The molecule has 0 aliphatic heterocycles. The molecule has 0 unspecified atom stereocenters. The second kappa shape index (κ2) is 6.60. The summed E-state index contributed by atoms with van der Waals surface area (Å²) in [6.45, 7) is 5.79. The van der Waals surface area contributed by atoms with Crippen molar-refractivity contribution in [2.24, 2.45) is 11.7 Å². The lowest BCUT2D eigenvalue weighted by Gasteiger charge is -2.21. The number of nitrogens with two attached hydrogens (primary N) is 1. The van der Waals surface area contributed by atoms with E-state index in [4.69, 9.17) is 5.73 Å². The highest BCUT2D eigenvalue weighted by Crippen LogP contribution is 1.98. The van der Waals surface area contributed by atoms with E-state index in [1.165, 1.54) is 0 Å². The molecule has 0 bridgehead atoms. The van der Waals surface area contributed by atoms with Crippen LogP contribution < -0.4 is 5.73 Å². The number of nitrogens with zero attached hydrogens (tertiary/aromatic N) is 1. The summed E-state index contributed by atoms with van der Waals surface area (Å²) in [4.78, 5) is 22.7. The number of carbonyl (C=O) groups excluding carboxylic acids is 2. The summed E-state index contributed by atoms with van der Waals surface area (Å²) in [6, 6.07) is 0. The van der Waals surface area contributed by atoms with Crippen LogP contribution in [0, 0.1) is 5.92 Å². The molecule has 0 aromatic carbocycles. The number of amides is 1. The molecule has 76 valence electrons. The monoisotopic (exact) mass is 186 g/mol. The molecule has 0 saturated heterocycles. The fourth-order valence-corrected chi connectivity index (χ4v) is 1.21. The summed E-state index contributed by atoms with van der Waals surface area (Å²) in [5, 5.41) is 0. The number of rotatable bonds is 7. The van der Waals surface area contributed by atoms with Crippen molar-refractivity contribution in [2.75, 3.05) is 19.6 Å². The average molecular weight is 186 g/mol. The van der Waals surface area contributed by atoms with Gasteiger partial charge in [-0.2, -0.15) is 0 Å². The molecule has 4 heteroatoms. The molecule has 0 radical (unpaired) electrons. The van der Waals surface area contributed by atoms with E-state index in [-0.39, 0.29) is 12.5 Å². The summed E-state index contributed by atoms with van der Waals surface area (Å²) in [5.41, 5.74) is 5.07. The summed E-state index contributed by atoms with van der Waals surface area (Å²) in [6.07, 6.45) is 1.31. The Morgan fingerprint density at radius 3 is 2.54 bits per heavy atom. The molecule has 0 aliphatic carbocycles. The highest BCUT2D eigenvalue weighted by atomic mass is 16.1. The highest BCUT2D eigenvalue weighted by Gasteiger charge is 2.09. The second-order valence-corrected chi connectivity index (χ2v) is 3.55. The van der Waals surface area contributed by atoms with Crippen LogP contribution in [0.15, 0.2) is 0 Å². The lowest BCUT2D eigenvalue weighted by atomic mass is 10.2. The minimum Gasteiger partial charge on any atom is -0.369 e. The van der Waals surface area contributed by atoms with Gasteiger partial charge in [0.2, 0.25) is 5.91 Å². The first-order chi connectivity index (χ1) is 6.06. The van der Waals surface area contributed by atoms with Crippen molar-refractivity contribution in [1.29, 1.82) is 0 Å². The van der Waals surface area contributed by atoms with E-state index in [0.717, 1.165) is 12.8 Å². The summed E-state index contributed by atoms with van der Waals surface area (Å²) >= 11 is 0. The topological polar surface area (TPSA) is 63.4 Å². The first kappa shape index (κ1) is 12.1. The van der Waals surface area contributed by atoms with Crippen LogP contribution in [0.4, 0.5) is 0 Å². The largest absolute Gasteiger partial charge is 0.369 e. The predicted molar refractivity (Wildman–Crippen MR) is 51.2 cm³/mol. The molecule has 0 fully saturated rings. The Balaban J connectivity index is 3.86. The van der Waals surface area contributed by atoms with E-state index in [2.05, 4.69) is 13.8 Å². The molecule has 0 rings (SSSR count). The SMILES string of the molecule is CC(C)CN(CCC=O)CC(N)=O. The van der Waals surface area contributed by atoms with Gasteiger partial charge in [0, 0.05) is 19.5 Å². The van der Waals surface area contributed by atoms with E-state index >= 15 is 0 Å². The van der Waals surface area contributed by atoms with Gasteiger partial charge in [0.15, 0.2) is 0 Å². The first-order valence-electron chi connectivity index (χ1n) is 4.50. The van der Waals surface area contributed by atoms with E-state index in [9.17, 15) is 9.59 Å². The number of aldehydes is 1. The molecule has 0 spiro atoms. The van der Waals surface area contributed by atoms with Crippen LogP contribution >= 0.6 is 0 Å². The molecule has 2 N–H and O–H groups in total. The van der Waals surface area contributed by atoms with Gasteiger partial charge in [-0.1, -0.05) is 13.8 Å². The van der Waals surface area contributed by atoms with Crippen molar-refractivity contribution in [2.45, 2.75) is 20.3 Å². The number of hydrogen-bond acceptors (Lipinski definition) is 3. The Bertz CT molecular complexity index is 169. The van der Waals surface area contributed by atoms with E-state index < -0.39 is 0 Å². The maximum Gasteiger partial charge on any atom is 0.231 e. The lowest BCUT2D eigenvalue weighted by Crippen LogP contribution is -2.36. The number of carbonyl (C=O) groups is 2. The molecule has 13 heavy (non-hydrogen) atoms. The fraction of sp³-hybridized carbons (Fsp3) is 0.778. The summed E-state index contributed by atoms with van der Waals surface area (Å²) in [7, 11) is 0. The molecule has 0 saturated carbocycles. The minimum absolute atomic E-state index is 0.242. The molecular weight excluding hydrogens is 168 g/mol. The zero-order chi connectivity index (χ0) is 10.3. The first-order valence-corrected chi connectivity index (χ1v) is 4.50. The van der Waals surface area contributed by atoms with Gasteiger partial charge in [0.25, 0.3) is 0 Å².